The molecule has 0 bridgehead atoms. The summed E-state index contributed by atoms with van der Waals surface area (Å²) >= 11 is 1.54. The number of halogens is 1. The maximum absolute atomic E-state index is 14.0. The Hall–Kier alpha value is -3.85. The molecule has 4 aromatic heterocycles. The number of thiophene rings is 1. The monoisotopic (exact) mass is 447 g/mol. The zero-order chi connectivity index (χ0) is 22.2. The van der Waals surface area contributed by atoms with Crippen LogP contribution in [0.5, 0.6) is 0 Å². The third kappa shape index (κ3) is 3.56. The molecule has 5 rings (SSSR count). The minimum absolute atomic E-state index is 0.0212. The molecular formula is C23H18FN5O2S. The lowest BCUT2D eigenvalue weighted by molar-refractivity contribution is 0.102. The molecule has 0 saturated heterocycles. The van der Waals surface area contributed by atoms with Crippen LogP contribution in [0.4, 0.5) is 10.4 Å². The molecule has 0 aliphatic rings. The summed E-state index contributed by atoms with van der Waals surface area (Å²) in [4.78, 5) is 23.1. The predicted molar refractivity (Wildman–Crippen MR) is 121 cm³/mol. The van der Waals surface area contributed by atoms with Gasteiger partial charge >= 0.3 is 6.01 Å². The molecule has 1 amide bonds. The lowest BCUT2D eigenvalue weighted by Crippen LogP contribution is -2.13. The highest BCUT2D eigenvalue weighted by molar-refractivity contribution is 7.13. The number of benzene rings is 1. The van der Waals surface area contributed by atoms with Crippen molar-refractivity contribution in [2.24, 2.45) is 0 Å². The van der Waals surface area contributed by atoms with Crippen LogP contribution in [0, 0.1) is 5.82 Å². The van der Waals surface area contributed by atoms with Crippen LogP contribution in [0.25, 0.3) is 32.9 Å². The number of pyridine rings is 1. The van der Waals surface area contributed by atoms with E-state index in [1.54, 1.807) is 35.1 Å². The van der Waals surface area contributed by atoms with Crippen molar-refractivity contribution in [1.82, 2.24) is 19.7 Å². The third-order valence-electron chi connectivity index (χ3n) is 4.95. The van der Waals surface area contributed by atoms with E-state index in [-0.39, 0.29) is 12.1 Å². The fraction of sp³-hybridized carbons (Fsp3) is 0.130. The summed E-state index contributed by atoms with van der Waals surface area (Å²) in [5.74, 6) is -0.836. The molecule has 0 saturated carbocycles. The van der Waals surface area contributed by atoms with E-state index in [0.717, 1.165) is 4.88 Å². The van der Waals surface area contributed by atoms with Crippen molar-refractivity contribution in [2.45, 2.75) is 19.9 Å². The quantitative estimate of drug-likeness (QED) is 0.369. The summed E-state index contributed by atoms with van der Waals surface area (Å²) in [5, 5.41) is 9.67. The zero-order valence-corrected chi connectivity index (χ0v) is 18.1. The van der Waals surface area contributed by atoms with E-state index in [4.69, 9.17) is 9.40 Å². The Morgan fingerprint density at radius 2 is 2.00 bits per heavy atom. The largest absolute Gasteiger partial charge is 0.431 e. The van der Waals surface area contributed by atoms with E-state index in [1.165, 1.54) is 23.7 Å². The molecule has 1 N–H and O–H groups in total. The molecule has 7 nitrogen and oxygen atoms in total. The normalized spacial score (nSPS) is 11.4. The Kier molecular flexibility index (Phi) is 5.02. The zero-order valence-electron chi connectivity index (χ0n) is 17.2. The van der Waals surface area contributed by atoms with Crippen molar-refractivity contribution in [1.29, 1.82) is 0 Å². The maximum Gasteiger partial charge on any atom is 0.302 e. The summed E-state index contributed by atoms with van der Waals surface area (Å²) in [5.41, 5.74) is 2.29. The number of rotatable bonds is 5. The van der Waals surface area contributed by atoms with Gasteiger partial charge in [0.25, 0.3) is 5.91 Å². The lowest BCUT2D eigenvalue weighted by Gasteiger charge is -2.09. The number of aromatic nitrogens is 4. The second-order valence-corrected chi connectivity index (χ2v) is 8.37. The van der Waals surface area contributed by atoms with Gasteiger partial charge in [0.05, 0.1) is 27.7 Å². The number of hydrogen-bond donors (Lipinski definition) is 1. The Bertz CT molecular complexity index is 1420. The lowest BCUT2D eigenvalue weighted by atomic mass is 10.1. The maximum atomic E-state index is 14.0. The average molecular weight is 447 g/mol. The van der Waals surface area contributed by atoms with E-state index in [1.807, 2.05) is 31.4 Å². The van der Waals surface area contributed by atoms with Crippen molar-refractivity contribution < 1.29 is 13.6 Å². The number of nitrogens with one attached hydrogen (secondary N) is 1. The molecule has 32 heavy (non-hydrogen) atoms. The first-order valence-electron chi connectivity index (χ1n) is 9.95. The van der Waals surface area contributed by atoms with Gasteiger partial charge in [-0.15, -0.1) is 11.3 Å². The molecule has 9 heteroatoms. The van der Waals surface area contributed by atoms with E-state index < -0.39 is 11.7 Å². The molecule has 0 spiro atoms. The second-order valence-electron chi connectivity index (χ2n) is 7.42. The molecule has 1 aromatic carbocycles. The molecule has 5 aromatic rings. The Morgan fingerprint density at radius 1 is 1.16 bits per heavy atom. The second kappa shape index (κ2) is 8.01. The molecule has 0 radical (unpaired) electrons. The van der Waals surface area contributed by atoms with Crippen molar-refractivity contribution in [3.05, 3.63) is 71.7 Å². The van der Waals surface area contributed by atoms with Gasteiger partial charge < -0.3 is 4.42 Å². The van der Waals surface area contributed by atoms with Gasteiger partial charge in [-0.1, -0.05) is 18.2 Å². The van der Waals surface area contributed by atoms with Gasteiger partial charge in [-0.2, -0.15) is 10.1 Å². The van der Waals surface area contributed by atoms with E-state index in [0.29, 0.717) is 33.5 Å². The number of amides is 1. The standard InChI is InChI=1S/C23H18FN5O2S/c1-13(2)29-21-16(11-25-29)15(10-18(26-21)20-8-5-9-32-20)22(30)28-23-27-19(12-31-23)14-6-3-4-7-17(14)24/h3-13H,1-2H3,(H,27,28,30). The Balaban J connectivity index is 1.53. The molecular weight excluding hydrogens is 429 g/mol. The fourth-order valence-corrected chi connectivity index (χ4v) is 4.11. The molecule has 0 unspecified atom stereocenters. The van der Waals surface area contributed by atoms with Crippen molar-refractivity contribution in [2.75, 3.05) is 5.32 Å². The average Bonchev–Trinajstić information content (AvgIpc) is 3.53. The number of fused-ring (bicyclic) bond motifs is 1. The van der Waals surface area contributed by atoms with E-state index in [9.17, 15) is 9.18 Å². The first-order chi connectivity index (χ1) is 15.5. The number of nitrogens with zero attached hydrogens (tertiary/aromatic N) is 4. The first kappa shape index (κ1) is 20.1. The summed E-state index contributed by atoms with van der Waals surface area (Å²) in [7, 11) is 0. The van der Waals surface area contributed by atoms with Crippen molar-refractivity contribution in [3.8, 4) is 21.8 Å². The van der Waals surface area contributed by atoms with Crippen LogP contribution in [-0.2, 0) is 0 Å². The van der Waals surface area contributed by atoms with Crippen LogP contribution in [0.1, 0.15) is 30.2 Å². The van der Waals surface area contributed by atoms with Crippen LogP contribution in [0.15, 0.2) is 64.7 Å². The van der Waals surface area contributed by atoms with Crippen LogP contribution in [0.2, 0.25) is 0 Å². The van der Waals surface area contributed by atoms with E-state index >= 15 is 0 Å². The minimum atomic E-state index is -0.420. The van der Waals surface area contributed by atoms with Gasteiger partial charge in [0.2, 0.25) is 0 Å². The minimum Gasteiger partial charge on any atom is -0.431 e. The predicted octanol–water partition coefficient (Wildman–Crippen LogP) is 5.79. The highest BCUT2D eigenvalue weighted by Gasteiger charge is 2.20. The Morgan fingerprint density at radius 3 is 2.75 bits per heavy atom. The van der Waals surface area contributed by atoms with Crippen LogP contribution in [0.3, 0.4) is 0 Å². The summed E-state index contributed by atoms with van der Waals surface area (Å²) in [6, 6.07) is 11.9. The summed E-state index contributed by atoms with van der Waals surface area (Å²) < 4.78 is 21.2. The molecule has 4 heterocycles. The van der Waals surface area contributed by atoms with Crippen LogP contribution >= 0.6 is 11.3 Å². The first-order valence-corrected chi connectivity index (χ1v) is 10.8. The van der Waals surface area contributed by atoms with Crippen molar-refractivity contribution in [3.63, 3.8) is 0 Å². The topological polar surface area (TPSA) is 85.8 Å². The number of carbonyl (C=O) groups is 1. The number of oxazole rings is 1. The highest BCUT2D eigenvalue weighted by Crippen LogP contribution is 2.30. The highest BCUT2D eigenvalue weighted by atomic mass is 32.1. The number of anilines is 1. The molecule has 0 aliphatic heterocycles. The number of hydrogen-bond acceptors (Lipinski definition) is 6. The SMILES string of the molecule is CC(C)n1ncc2c(C(=O)Nc3nc(-c4ccccc4F)co3)cc(-c3cccs3)nc21. The van der Waals surface area contributed by atoms with Gasteiger partial charge in [-0.25, -0.2) is 14.1 Å². The third-order valence-corrected chi connectivity index (χ3v) is 5.84. The Labute approximate surface area is 186 Å². The molecule has 0 aliphatic carbocycles. The van der Waals surface area contributed by atoms with Crippen LogP contribution in [-0.4, -0.2) is 25.7 Å². The van der Waals surface area contributed by atoms with E-state index in [2.05, 4.69) is 15.4 Å². The fourth-order valence-electron chi connectivity index (χ4n) is 3.42. The van der Waals surface area contributed by atoms with Crippen molar-refractivity contribution >= 4 is 34.3 Å². The van der Waals surface area contributed by atoms with Gasteiger partial charge in [-0.05, 0) is 43.5 Å². The smallest absolute Gasteiger partial charge is 0.302 e. The summed E-state index contributed by atoms with van der Waals surface area (Å²) in [6.07, 6.45) is 2.94. The van der Waals surface area contributed by atoms with Gasteiger partial charge in [-0.3, -0.25) is 10.1 Å². The molecule has 0 fully saturated rings. The van der Waals surface area contributed by atoms with Crippen LogP contribution < -0.4 is 5.32 Å². The summed E-state index contributed by atoms with van der Waals surface area (Å²) in [6.45, 7) is 4.01. The molecule has 0 atom stereocenters. The van der Waals surface area contributed by atoms with Gasteiger partial charge in [0, 0.05) is 11.6 Å². The number of carbonyl (C=O) groups excluding carboxylic acids is 1. The van der Waals surface area contributed by atoms with Gasteiger partial charge in [0.1, 0.15) is 17.8 Å². The van der Waals surface area contributed by atoms with Gasteiger partial charge in [0.15, 0.2) is 5.65 Å². The molecule has 160 valence electrons.